The Balaban J connectivity index is 1.99. The molecule has 120 valence electrons. The second-order valence-electron chi connectivity index (χ2n) is 6.38. The van der Waals surface area contributed by atoms with Gasteiger partial charge in [0.15, 0.2) is 0 Å². The Bertz CT molecular complexity index is 531. The zero-order valence-electron chi connectivity index (χ0n) is 13.5. The van der Waals surface area contributed by atoms with E-state index in [1.165, 1.54) is 0 Å². The summed E-state index contributed by atoms with van der Waals surface area (Å²) in [5.74, 6) is -0.125. The van der Waals surface area contributed by atoms with Gasteiger partial charge in [-0.2, -0.15) is 0 Å². The molecule has 2 amide bonds. The van der Waals surface area contributed by atoms with Crippen molar-refractivity contribution in [1.82, 2.24) is 10.6 Å². The summed E-state index contributed by atoms with van der Waals surface area (Å²) in [7, 11) is 0. The minimum absolute atomic E-state index is 0.0217. The Hall–Kier alpha value is -1.88. The van der Waals surface area contributed by atoms with E-state index in [-0.39, 0.29) is 17.9 Å². The molecule has 1 aliphatic heterocycles. The van der Waals surface area contributed by atoms with Gasteiger partial charge in [0.05, 0.1) is 5.54 Å². The first-order valence-corrected chi connectivity index (χ1v) is 7.88. The molecule has 0 spiro atoms. The minimum atomic E-state index is -0.508. The van der Waals surface area contributed by atoms with Crippen molar-refractivity contribution >= 4 is 17.5 Å². The molecular weight excluding hydrogens is 278 g/mol. The summed E-state index contributed by atoms with van der Waals surface area (Å²) in [6.45, 7) is 6.65. The van der Waals surface area contributed by atoms with E-state index in [0.29, 0.717) is 11.3 Å². The van der Waals surface area contributed by atoms with Crippen LogP contribution in [0, 0.1) is 0 Å². The fourth-order valence-electron chi connectivity index (χ4n) is 2.57. The first-order valence-electron chi connectivity index (χ1n) is 7.88. The van der Waals surface area contributed by atoms with Crippen LogP contribution in [0.25, 0.3) is 0 Å². The number of amides is 2. The monoisotopic (exact) mass is 303 g/mol. The molecule has 0 saturated carbocycles. The summed E-state index contributed by atoms with van der Waals surface area (Å²) in [5.41, 5.74) is 0.791. The Morgan fingerprint density at radius 3 is 2.41 bits per heavy atom. The Morgan fingerprint density at radius 1 is 1.18 bits per heavy atom. The average molecular weight is 303 g/mol. The lowest BCUT2D eigenvalue weighted by Crippen LogP contribution is -2.54. The maximum absolute atomic E-state index is 12.4. The van der Waals surface area contributed by atoms with Gasteiger partial charge >= 0.3 is 0 Å². The van der Waals surface area contributed by atoms with Crippen LogP contribution in [0.4, 0.5) is 5.69 Å². The molecule has 1 atom stereocenters. The van der Waals surface area contributed by atoms with Crippen LogP contribution in [0.5, 0.6) is 0 Å². The fourth-order valence-corrected chi connectivity index (χ4v) is 2.57. The van der Waals surface area contributed by atoms with Gasteiger partial charge in [0.2, 0.25) is 5.91 Å². The highest BCUT2D eigenvalue weighted by molar-refractivity contribution is 5.99. The second-order valence-corrected chi connectivity index (χ2v) is 6.38. The zero-order valence-corrected chi connectivity index (χ0v) is 13.5. The number of carbonyl (C=O) groups excluding carboxylic acids is 2. The van der Waals surface area contributed by atoms with Gasteiger partial charge in [-0.25, -0.2) is 0 Å². The van der Waals surface area contributed by atoms with Crippen LogP contribution in [-0.2, 0) is 4.79 Å². The fraction of sp³-hybridized carbons (Fsp3) is 0.529. The molecule has 1 heterocycles. The normalized spacial score (nSPS) is 21.5. The molecule has 0 aromatic heterocycles. The lowest BCUT2D eigenvalue weighted by molar-refractivity contribution is -0.122. The van der Waals surface area contributed by atoms with Crippen molar-refractivity contribution in [2.75, 3.05) is 11.9 Å². The number of nitrogens with one attached hydrogen (secondary N) is 3. The van der Waals surface area contributed by atoms with E-state index in [0.717, 1.165) is 25.8 Å². The van der Waals surface area contributed by atoms with E-state index in [1.807, 2.05) is 20.8 Å². The van der Waals surface area contributed by atoms with Crippen LogP contribution in [-0.4, -0.2) is 29.9 Å². The summed E-state index contributed by atoms with van der Waals surface area (Å²) >= 11 is 0. The van der Waals surface area contributed by atoms with Gasteiger partial charge < -0.3 is 16.0 Å². The van der Waals surface area contributed by atoms with Crippen molar-refractivity contribution in [3.63, 3.8) is 0 Å². The van der Waals surface area contributed by atoms with Gasteiger partial charge in [0.1, 0.15) is 0 Å². The number of benzene rings is 1. The molecule has 2 rings (SSSR count). The van der Waals surface area contributed by atoms with Crippen molar-refractivity contribution in [2.24, 2.45) is 0 Å². The van der Waals surface area contributed by atoms with E-state index in [4.69, 9.17) is 0 Å². The first kappa shape index (κ1) is 16.5. The molecule has 22 heavy (non-hydrogen) atoms. The molecule has 1 fully saturated rings. The number of hydrogen-bond acceptors (Lipinski definition) is 3. The second kappa shape index (κ2) is 6.92. The standard InChI is InChI=1S/C17H25N3O2/c1-12(2)19-15(21)13-6-8-14(9-7-13)20-16(22)17(3)10-4-5-11-18-17/h6-9,12,18H,4-5,10-11H2,1-3H3,(H,19,21)(H,20,22). The van der Waals surface area contributed by atoms with Crippen molar-refractivity contribution in [1.29, 1.82) is 0 Å². The molecule has 1 aromatic rings. The highest BCUT2D eigenvalue weighted by atomic mass is 16.2. The Labute approximate surface area is 131 Å². The summed E-state index contributed by atoms with van der Waals surface area (Å²) in [6, 6.07) is 7.08. The third-order valence-electron chi connectivity index (χ3n) is 3.94. The highest BCUT2D eigenvalue weighted by Gasteiger charge is 2.34. The predicted molar refractivity (Wildman–Crippen MR) is 87.9 cm³/mol. The molecule has 0 radical (unpaired) electrons. The van der Waals surface area contributed by atoms with Gasteiger partial charge in [-0.05, 0) is 70.8 Å². The molecule has 5 heteroatoms. The largest absolute Gasteiger partial charge is 0.350 e. The molecular formula is C17H25N3O2. The molecule has 1 aliphatic rings. The van der Waals surface area contributed by atoms with Gasteiger partial charge in [-0.1, -0.05) is 0 Å². The highest BCUT2D eigenvalue weighted by Crippen LogP contribution is 2.21. The topological polar surface area (TPSA) is 70.2 Å². The van der Waals surface area contributed by atoms with Crippen LogP contribution < -0.4 is 16.0 Å². The number of carbonyl (C=O) groups is 2. The van der Waals surface area contributed by atoms with Gasteiger partial charge in [-0.15, -0.1) is 0 Å². The summed E-state index contributed by atoms with van der Waals surface area (Å²) < 4.78 is 0. The van der Waals surface area contributed by atoms with Gasteiger partial charge in [0.25, 0.3) is 5.91 Å². The maximum Gasteiger partial charge on any atom is 0.251 e. The van der Waals surface area contributed by atoms with Crippen molar-refractivity contribution in [2.45, 2.75) is 51.6 Å². The van der Waals surface area contributed by atoms with Crippen molar-refractivity contribution in [3.05, 3.63) is 29.8 Å². The van der Waals surface area contributed by atoms with Crippen LogP contribution in [0.15, 0.2) is 24.3 Å². The van der Waals surface area contributed by atoms with Crippen LogP contribution in [0.3, 0.4) is 0 Å². The minimum Gasteiger partial charge on any atom is -0.350 e. The Kier molecular flexibility index (Phi) is 5.19. The number of rotatable bonds is 4. The summed E-state index contributed by atoms with van der Waals surface area (Å²) in [4.78, 5) is 24.3. The van der Waals surface area contributed by atoms with Crippen LogP contribution in [0.2, 0.25) is 0 Å². The predicted octanol–water partition coefficient (Wildman–Crippen LogP) is 2.30. The zero-order chi connectivity index (χ0) is 16.2. The van der Waals surface area contributed by atoms with Crippen LogP contribution in [0.1, 0.15) is 50.4 Å². The molecule has 5 nitrogen and oxygen atoms in total. The van der Waals surface area contributed by atoms with Crippen molar-refractivity contribution in [3.8, 4) is 0 Å². The molecule has 0 bridgehead atoms. The quantitative estimate of drug-likeness (QED) is 0.799. The SMILES string of the molecule is CC(C)NC(=O)c1ccc(NC(=O)C2(C)CCCCN2)cc1. The maximum atomic E-state index is 12.4. The third-order valence-corrected chi connectivity index (χ3v) is 3.94. The van der Waals surface area contributed by atoms with E-state index in [9.17, 15) is 9.59 Å². The number of anilines is 1. The van der Waals surface area contributed by atoms with E-state index >= 15 is 0 Å². The molecule has 1 saturated heterocycles. The molecule has 1 aromatic carbocycles. The summed E-state index contributed by atoms with van der Waals surface area (Å²) in [6.07, 6.45) is 3.02. The first-order chi connectivity index (χ1) is 10.4. The average Bonchev–Trinajstić information content (AvgIpc) is 2.48. The van der Waals surface area contributed by atoms with E-state index < -0.39 is 5.54 Å². The van der Waals surface area contributed by atoms with Crippen molar-refractivity contribution < 1.29 is 9.59 Å². The molecule has 0 aliphatic carbocycles. The molecule has 1 unspecified atom stereocenters. The van der Waals surface area contributed by atoms with Crippen LogP contribution >= 0.6 is 0 Å². The number of hydrogen-bond donors (Lipinski definition) is 3. The van der Waals surface area contributed by atoms with Gasteiger partial charge in [-0.3, -0.25) is 9.59 Å². The smallest absolute Gasteiger partial charge is 0.251 e. The third kappa shape index (κ3) is 4.07. The number of piperidine rings is 1. The van der Waals surface area contributed by atoms with E-state index in [2.05, 4.69) is 16.0 Å². The lowest BCUT2D eigenvalue weighted by Gasteiger charge is -2.33. The molecule has 3 N–H and O–H groups in total. The lowest BCUT2D eigenvalue weighted by atomic mass is 9.90. The van der Waals surface area contributed by atoms with E-state index in [1.54, 1.807) is 24.3 Å². The summed E-state index contributed by atoms with van der Waals surface area (Å²) in [5, 5.41) is 9.06. The Morgan fingerprint density at radius 2 is 1.86 bits per heavy atom. The van der Waals surface area contributed by atoms with Gasteiger partial charge in [0, 0.05) is 17.3 Å².